The fraction of sp³-hybridized carbons (Fsp3) is 1.00. The number of nitrogens with one attached hydrogen (secondary N) is 1. The molecule has 0 aliphatic carbocycles. The molecule has 0 fully saturated rings. The van der Waals surface area contributed by atoms with Crippen LogP contribution in [-0.2, 0) is 10.0 Å². The van der Waals surface area contributed by atoms with Crippen LogP contribution in [0.3, 0.4) is 0 Å². The predicted molar refractivity (Wildman–Crippen MR) is 50.4 cm³/mol. The SMILES string of the molecule is CC(C)C(C)(CN)NS(=O)(=O)C(F)(F)F. The molecule has 8 heteroatoms. The zero-order valence-electron chi connectivity index (χ0n) is 8.72. The fourth-order valence-corrected chi connectivity index (χ4v) is 1.81. The maximum absolute atomic E-state index is 12.1. The standard InChI is InChI=1S/C7H15F3N2O2S/c1-5(2)6(3,4-11)12-15(13,14)7(8,9)10/h5,12H,4,11H2,1-3H3. The van der Waals surface area contributed by atoms with Gasteiger partial charge in [-0.05, 0) is 12.8 Å². The van der Waals surface area contributed by atoms with E-state index in [1.165, 1.54) is 6.92 Å². The highest BCUT2D eigenvalue weighted by atomic mass is 32.2. The lowest BCUT2D eigenvalue weighted by Crippen LogP contribution is -2.57. The van der Waals surface area contributed by atoms with Crippen LogP contribution in [0.4, 0.5) is 13.2 Å². The summed E-state index contributed by atoms with van der Waals surface area (Å²) < 4.78 is 59.5. The van der Waals surface area contributed by atoms with Gasteiger partial charge in [0.15, 0.2) is 0 Å². The van der Waals surface area contributed by atoms with Crippen LogP contribution in [0.25, 0.3) is 0 Å². The van der Waals surface area contributed by atoms with Crippen molar-refractivity contribution in [2.24, 2.45) is 11.7 Å². The number of rotatable bonds is 4. The van der Waals surface area contributed by atoms with Crippen molar-refractivity contribution in [2.45, 2.75) is 31.8 Å². The lowest BCUT2D eigenvalue weighted by atomic mass is 9.90. The summed E-state index contributed by atoms with van der Waals surface area (Å²) in [6.45, 7) is 4.30. The Balaban J connectivity index is 5.03. The number of hydrogen-bond acceptors (Lipinski definition) is 3. The van der Waals surface area contributed by atoms with E-state index in [1.54, 1.807) is 18.6 Å². The quantitative estimate of drug-likeness (QED) is 0.773. The largest absolute Gasteiger partial charge is 0.511 e. The highest BCUT2D eigenvalue weighted by Crippen LogP contribution is 2.25. The summed E-state index contributed by atoms with van der Waals surface area (Å²) >= 11 is 0. The van der Waals surface area contributed by atoms with Gasteiger partial charge in [0.05, 0.1) is 0 Å². The van der Waals surface area contributed by atoms with E-state index in [1.807, 2.05) is 0 Å². The molecule has 3 N–H and O–H groups in total. The number of halogens is 3. The van der Waals surface area contributed by atoms with Crippen LogP contribution in [0.2, 0.25) is 0 Å². The molecule has 4 nitrogen and oxygen atoms in total. The molecule has 0 heterocycles. The predicted octanol–water partition coefficient (Wildman–Crippen LogP) is 0.799. The van der Waals surface area contributed by atoms with Gasteiger partial charge in [-0.2, -0.15) is 17.9 Å². The molecule has 0 aromatic heterocycles. The molecule has 15 heavy (non-hydrogen) atoms. The fourth-order valence-electron chi connectivity index (χ4n) is 0.760. The maximum atomic E-state index is 12.1. The molecular weight excluding hydrogens is 233 g/mol. The second kappa shape index (κ2) is 4.26. The van der Waals surface area contributed by atoms with E-state index < -0.39 is 21.1 Å². The molecule has 0 rings (SSSR count). The summed E-state index contributed by atoms with van der Waals surface area (Å²) in [5.41, 5.74) is -1.34. The number of sulfonamides is 1. The van der Waals surface area contributed by atoms with E-state index in [0.29, 0.717) is 0 Å². The average Bonchev–Trinajstić information content (AvgIpc) is 2.00. The van der Waals surface area contributed by atoms with E-state index in [0.717, 1.165) is 0 Å². The van der Waals surface area contributed by atoms with Gasteiger partial charge in [0.1, 0.15) is 0 Å². The molecule has 1 unspecified atom stereocenters. The zero-order valence-corrected chi connectivity index (χ0v) is 9.54. The first kappa shape index (κ1) is 14.7. The molecule has 0 amide bonds. The molecule has 0 radical (unpaired) electrons. The van der Waals surface area contributed by atoms with Crippen LogP contribution in [0, 0.1) is 5.92 Å². The van der Waals surface area contributed by atoms with Crippen molar-refractivity contribution >= 4 is 10.0 Å². The smallest absolute Gasteiger partial charge is 0.329 e. The summed E-state index contributed by atoms with van der Waals surface area (Å²) in [5, 5.41) is 0. The molecular formula is C7H15F3N2O2S. The first-order valence-electron chi connectivity index (χ1n) is 4.26. The van der Waals surface area contributed by atoms with Crippen molar-refractivity contribution in [1.82, 2.24) is 4.72 Å². The van der Waals surface area contributed by atoms with Gasteiger partial charge in [0, 0.05) is 12.1 Å². The lowest BCUT2D eigenvalue weighted by Gasteiger charge is -2.33. The van der Waals surface area contributed by atoms with Gasteiger partial charge in [-0.25, -0.2) is 8.42 Å². The number of hydrogen-bond donors (Lipinski definition) is 2. The second-order valence-corrected chi connectivity index (χ2v) is 5.50. The Labute approximate surface area is 87.1 Å². The summed E-state index contributed by atoms with van der Waals surface area (Å²) in [4.78, 5) is 0. The first-order valence-corrected chi connectivity index (χ1v) is 5.75. The minimum absolute atomic E-state index is 0.208. The number of nitrogens with two attached hydrogens (primary N) is 1. The Morgan fingerprint density at radius 3 is 1.93 bits per heavy atom. The Morgan fingerprint density at radius 2 is 1.73 bits per heavy atom. The van der Waals surface area contributed by atoms with Crippen LogP contribution in [0.1, 0.15) is 20.8 Å². The third kappa shape index (κ3) is 3.32. The van der Waals surface area contributed by atoms with Crippen LogP contribution < -0.4 is 10.5 Å². The Morgan fingerprint density at radius 1 is 1.33 bits per heavy atom. The van der Waals surface area contributed by atoms with E-state index >= 15 is 0 Å². The molecule has 0 saturated carbocycles. The van der Waals surface area contributed by atoms with Crippen molar-refractivity contribution in [3.63, 3.8) is 0 Å². The van der Waals surface area contributed by atoms with Gasteiger partial charge in [0.25, 0.3) is 0 Å². The summed E-state index contributed by atoms with van der Waals surface area (Å²) in [6, 6.07) is 0. The van der Waals surface area contributed by atoms with E-state index in [9.17, 15) is 21.6 Å². The maximum Gasteiger partial charge on any atom is 0.511 e. The first-order chi connectivity index (χ1) is 6.46. The van der Waals surface area contributed by atoms with E-state index in [-0.39, 0.29) is 12.5 Å². The molecule has 92 valence electrons. The van der Waals surface area contributed by atoms with Crippen LogP contribution in [0.15, 0.2) is 0 Å². The highest BCUT2D eigenvalue weighted by molar-refractivity contribution is 7.90. The average molecular weight is 248 g/mol. The van der Waals surface area contributed by atoms with Crippen molar-refractivity contribution in [3.8, 4) is 0 Å². The molecule has 0 aliphatic rings. The minimum atomic E-state index is -5.34. The van der Waals surface area contributed by atoms with Crippen molar-refractivity contribution in [1.29, 1.82) is 0 Å². The molecule has 0 bridgehead atoms. The van der Waals surface area contributed by atoms with Crippen molar-refractivity contribution in [3.05, 3.63) is 0 Å². The molecule has 0 spiro atoms. The molecule has 0 aliphatic heterocycles. The van der Waals surface area contributed by atoms with Gasteiger partial charge in [0.2, 0.25) is 0 Å². The van der Waals surface area contributed by atoms with Crippen molar-refractivity contribution in [2.75, 3.05) is 6.54 Å². The Bertz CT molecular complexity index is 313. The normalized spacial score (nSPS) is 17.9. The monoisotopic (exact) mass is 248 g/mol. The van der Waals surface area contributed by atoms with Gasteiger partial charge in [-0.1, -0.05) is 13.8 Å². The van der Waals surface area contributed by atoms with Gasteiger partial charge < -0.3 is 5.73 Å². The Kier molecular flexibility index (Phi) is 4.17. The third-order valence-electron chi connectivity index (χ3n) is 2.37. The van der Waals surface area contributed by atoms with Gasteiger partial charge >= 0.3 is 15.5 Å². The van der Waals surface area contributed by atoms with E-state index in [2.05, 4.69) is 0 Å². The second-order valence-electron chi connectivity index (χ2n) is 3.83. The van der Waals surface area contributed by atoms with Crippen LogP contribution >= 0.6 is 0 Å². The Hall–Kier alpha value is -0.340. The minimum Gasteiger partial charge on any atom is -0.329 e. The summed E-state index contributed by atoms with van der Waals surface area (Å²) in [6.07, 6.45) is 0. The molecule has 0 aromatic rings. The lowest BCUT2D eigenvalue weighted by molar-refractivity contribution is -0.0458. The molecule has 0 saturated heterocycles. The molecule has 1 atom stereocenters. The summed E-state index contributed by atoms with van der Waals surface area (Å²) in [7, 11) is -5.34. The highest BCUT2D eigenvalue weighted by Gasteiger charge is 2.49. The van der Waals surface area contributed by atoms with Crippen molar-refractivity contribution < 1.29 is 21.6 Å². The molecule has 0 aromatic carbocycles. The van der Waals surface area contributed by atoms with Crippen LogP contribution in [0.5, 0.6) is 0 Å². The van der Waals surface area contributed by atoms with Gasteiger partial charge in [-0.3, -0.25) is 0 Å². The van der Waals surface area contributed by atoms with Gasteiger partial charge in [-0.15, -0.1) is 0 Å². The zero-order chi connectivity index (χ0) is 12.5. The number of alkyl halides is 3. The topological polar surface area (TPSA) is 72.2 Å². The summed E-state index contributed by atoms with van der Waals surface area (Å²) in [5.74, 6) is -0.348. The van der Waals surface area contributed by atoms with E-state index in [4.69, 9.17) is 5.73 Å². The third-order valence-corrected chi connectivity index (χ3v) is 3.72. The van der Waals surface area contributed by atoms with Crippen LogP contribution in [-0.4, -0.2) is 26.0 Å².